The largest absolute Gasteiger partial charge is 0.494 e. The number of imide groups is 2. The summed E-state index contributed by atoms with van der Waals surface area (Å²) in [5, 5.41) is 14.7. The summed E-state index contributed by atoms with van der Waals surface area (Å²) in [6.45, 7) is 5.97. The van der Waals surface area contributed by atoms with Crippen LogP contribution in [0.5, 0.6) is 11.6 Å². The lowest BCUT2D eigenvalue weighted by atomic mass is 10.0. The number of aromatic nitrogens is 1. The SMILES string of the molecule is CC1CN(c2ccc(C#N)c(Cl)c2)C(C)CN1C(=O)Nc1ccc(OCCCCCOc2ccc3c(c2)C(=O)N(C2CCC(=O)NC2=O)C3=O)nc1. The number of amides is 6. The number of anilines is 2. The maximum atomic E-state index is 13.2. The number of benzene rings is 2. The number of hydrogen-bond acceptors (Lipinski definition) is 10. The molecule has 15 heteroatoms. The maximum absolute atomic E-state index is 13.2. The molecule has 0 saturated carbocycles. The number of nitrogens with one attached hydrogen (secondary N) is 2. The van der Waals surface area contributed by atoms with Crippen molar-refractivity contribution >= 4 is 52.6 Å². The van der Waals surface area contributed by atoms with Gasteiger partial charge in [0.1, 0.15) is 17.9 Å². The number of unbranched alkanes of at least 4 members (excludes halogenated alkanes) is 2. The van der Waals surface area contributed by atoms with Crippen LogP contribution in [0.4, 0.5) is 16.2 Å². The number of nitriles is 1. The Morgan fingerprint density at radius 1 is 0.962 bits per heavy atom. The number of urea groups is 1. The van der Waals surface area contributed by atoms with E-state index in [1.165, 1.54) is 12.1 Å². The minimum atomic E-state index is -1.01. The number of carbonyl (C=O) groups excluding carboxylic acids is 5. The lowest BCUT2D eigenvalue weighted by Crippen LogP contribution is -2.59. The van der Waals surface area contributed by atoms with Gasteiger partial charge in [-0.1, -0.05) is 11.6 Å². The third kappa shape index (κ3) is 7.79. The normalized spacial score (nSPS) is 20.0. The summed E-state index contributed by atoms with van der Waals surface area (Å²) in [6.07, 6.45) is 4.00. The third-order valence-corrected chi connectivity index (χ3v) is 9.67. The molecule has 2 fully saturated rings. The Hall–Kier alpha value is -5.68. The average Bonchev–Trinajstić information content (AvgIpc) is 3.37. The van der Waals surface area contributed by atoms with Crippen LogP contribution in [0.15, 0.2) is 54.7 Å². The minimum Gasteiger partial charge on any atom is -0.494 e. The molecule has 4 heterocycles. The molecule has 0 bridgehead atoms. The second-order valence-electron chi connectivity index (χ2n) is 13.0. The molecule has 0 radical (unpaired) electrons. The molecule has 0 spiro atoms. The number of halogens is 1. The van der Waals surface area contributed by atoms with Gasteiger partial charge in [-0.2, -0.15) is 5.26 Å². The number of fused-ring (bicyclic) bond motifs is 1. The average molecular weight is 728 g/mol. The van der Waals surface area contributed by atoms with Crippen LogP contribution in [0, 0.1) is 11.3 Å². The fourth-order valence-corrected chi connectivity index (χ4v) is 6.78. The van der Waals surface area contributed by atoms with Gasteiger partial charge in [0.2, 0.25) is 17.7 Å². The van der Waals surface area contributed by atoms with Crippen LogP contribution in [0.1, 0.15) is 72.2 Å². The van der Waals surface area contributed by atoms with E-state index in [2.05, 4.69) is 26.6 Å². The fourth-order valence-electron chi connectivity index (χ4n) is 6.57. The molecule has 14 nitrogen and oxygen atoms in total. The van der Waals surface area contributed by atoms with E-state index in [-0.39, 0.29) is 42.1 Å². The Morgan fingerprint density at radius 2 is 1.73 bits per heavy atom. The number of pyridine rings is 1. The number of carbonyl (C=O) groups is 5. The van der Waals surface area contributed by atoms with Crippen LogP contribution in [0.25, 0.3) is 0 Å². The highest BCUT2D eigenvalue weighted by atomic mass is 35.5. The summed E-state index contributed by atoms with van der Waals surface area (Å²) in [5.41, 5.74) is 2.27. The zero-order chi connectivity index (χ0) is 36.9. The van der Waals surface area contributed by atoms with Gasteiger partial charge in [-0.05, 0) is 82.0 Å². The van der Waals surface area contributed by atoms with Crippen LogP contribution < -0.4 is 25.0 Å². The van der Waals surface area contributed by atoms with Gasteiger partial charge in [-0.15, -0.1) is 0 Å². The second-order valence-corrected chi connectivity index (χ2v) is 13.4. The van der Waals surface area contributed by atoms with Crippen molar-refractivity contribution in [2.24, 2.45) is 0 Å². The number of ether oxygens (including phenoxy) is 2. The summed E-state index contributed by atoms with van der Waals surface area (Å²) in [6, 6.07) is 14.3. The van der Waals surface area contributed by atoms with Gasteiger partial charge in [-0.3, -0.25) is 29.4 Å². The van der Waals surface area contributed by atoms with E-state index < -0.39 is 29.7 Å². The molecule has 2 saturated heterocycles. The zero-order valence-corrected chi connectivity index (χ0v) is 29.5. The molecule has 52 heavy (non-hydrogen) atoms. The Balaban J connectivity index is 0.893. The first-order valence-electron chi connectivity index (χ1n) is 17.1. The Labute approximate surface area is 305 Å². The van der Waals surface area contributed by atoms with Crippen molar-refractivity contribution in [1.29, 1.82) is 5.26 Å². The Bertz CT molecular complexity index is 1930. The highest BCUT2D eigenvalue weighted by Crippen LogP contribution is 2.31. The zero-order valence-electron chi connectivity index (χ0n) is 28.8. The number of nitrogens with zero attached hydrogens (tertiary/aromatic N) is 5. The topological polar surface area (TPSA) is 174 Å². The van der Waals surface area contributed by atoms with E-state index in [0.717, 1.165) is 29.8 Å². The lowest BCUT2D eigenvalue weighted by Gasteiger charge is -2.45. The first-order valence-corrected chi connectivity index (χ1v) is 17.5. The van der Waals surface area contributed by atoms with Gasteiger partial charge in [-0.25, -0.2) is 9.78 Å². The van der Waals surface area contributed by atoms with Crippen molar-refractivity contribution in [3.05, 3.63) is 76.4 Å². The minimum absolute atomic E-state index is 0.0306. The molecule has 3 atom stereocenters. The van der Waals surface area contributed by atoms with Gasteiger partial charge in [0, 0.05) is 43.3 Å². The molecule has 3 aliphatic heterocycles. The van der Waals surface area contributed by atoms with Gasteiger partial charge in [0.15, 0.2) is 0 Å². The van der Waals surface area contributed by atoms with E-state index in [1.807, 2.05) is 19.9 Å². The van der Waals surface area contributed by atoms with Gasteiger partial charge in [0.05, 0.1) is 46.8 Å². The van der Waals surface area contributed by atoms with E-state index in [0.29, 0.717) is 54.2 Å². The quantitative estimate of drug-likeness (QED) is 0.207. The van der Waals surface area contributed by atoms with E-state index in [4.69, 9.17) is 21.1 Å². The van der Waals surface area contributed by atoms with Gasteiger partial charge in [0.25, 0.3) is 11.8 Å². The molecular weight excluding hydrogens is 690 g/mol. The number of piperidine rings is 1. The van der Waals surface area contributed by atoms with Crippen LogP contribution >= 0.6 is 11.6 Å². The molecule has 6 amide bonds. The Morgan fingerprint density at radius 3 is 2.44 bits per heavy atom. The molecule has 6 rings (SSSR count). The fraction of sp³-hybridized carbons (Fsp3) is 0.378. The van der Waals surface area contributed by atoms with Crippen LogP contribution in [0.3, 0.4) is 0 Å². The maximum Gasteiger partial charge on any atom is 0.322 e. The molecule has 3 aliphatic rings. The monoisotopic (exact) mass is 727 g/mol. The second kappa shape index (κ2) is 15.7. The van der Waals surface area contributed by atoms with Crippen LogP contribution in [-0.2, 0) is 9.59 Å². The first-order chi connectivity index (χ1) is 25.0. The summed E-state index contributed by atoms with van der Waals surface area (Å²) in [5.74, 6) is -1.32. The van der Waals surface area contributed by atoms with E-state index in [9.17, 15) is 29.2 Å². The first kappa shape index (κ1) is 36.1. The highest BCUT2D eigenvalue weighted by Gasteiger charge is 2.44. The van der Waals surface area contributed by atoms with Crippen molar-refractivity contribution in [2.45, 2.75) is 64.1 Å². The predicted molar refractivity (Wildman–Crippen MR) is 190 cm³/mol. The molecule has 1 aromatic heterocycles. The molecule has 3 aromatic rings. The van der Waals surface area contributed by atoms with E-state index >= 15 is 0 Å². The molecule has 270 valence electrons. The molecule has 3 unspecified atom stereocenters. The molecule has 2 N–H and O–H groups in total. The number of rotatable bonds is 11. The standard InChI is InChI=1S/C37H38ClN7O7/c1-22-21-44(23(2)20-43(22)26-8-6-24(18-39)30(38)16-26)37(50)41-25-7-13-33(40-19-25)52-15-5-3-4-14-51-27-9-10-28-29(17-27)36(49)45(35(28)48)31-11-12-32(46)42-34(31)47/h6-10,13,16-17,19,22-23,31H,3-5,11-12,14-15,20-21H2,1-2H3,(H,41,50)(H,42,46,47). The van der Waals surface area contributed by atoms with E-state index in [1.54, 1.807) is 41.4 Å². The van der Waals surface area contributed by atoms with Crippen molar-refractivity contribution in [3.8, 4) is 17.7 Å². The van der Waals surface area contributed by atoms with Gasteiger partial charge < -0.3 is 24.6 Å². The number of piperazine rings is 1. The van der Waals surface area contributed by atoms with Crippen molar-refractivity contribution < 1.29 is 33.4 Å². The third-order valence-electron chi connectivity index (χ3n) is 9.36. The van der Waals surface area contributed by atoms with Crippen molar-refractivity contribution in [3.63, 3.8) is 0 Å². The summed E-state index contributed by atoms with van der Waals surface area (Å²) >= 11 is 6.26. The smallest absolute Gasteiger partial charge is 0.322 e. The summed E-state index contributed by atoms with van der Waals surface area (Å²) in [4.78, 5) is 72.0. The lowest BCUT2D eigenvalue weighted by molar-refractivity contribution is -0.136. The van der Waals surface area contributed by atoms with Crippen LogP contribution in [-0.4, -0.2) is 88.9 Å². The Kier molecular flexibility index (Phi) is 10.9. The van der Waals surface area contributed by atoms with Crippen LogP contribution in [0.2, 0.25) is 5.02 Å². The van der Waals surface area contributed by atoms with Gasteiger partial charge >= 0.3 is 6.03 Å². The van der Waals surface area contributed by atoms with Crippen molar-refractivity contribution in [1.82, 2.24) is 20.1 Å². The predicted octanol–water partition coefficient (Wildman–Crippen LogP) is 4.77. The summed E-state index contributed by atoms with van der Waals surface area (Å²) < 4.78 is 11.6. The highest BCUT2D eigenvalue weighted by molar-refractivity contribution is 6.32. The van der Waals surface area contributed by atoms with Crippen molar-refractivity contribution in [2.75, 3.05) is 36.5 Å². The molecule has 2 aromatic carbocycles. The molecular formula is C37H38ClN7O7. The number of hydrogen-bond donors (Lipinski definition) is 2. The summed E-state index contributed by atoms with van der Waals surface area (Å²) in [7, 11) is 0. The molecule has 0 aliphatic carbocycles.